The summed E-state index contributed by atoms with van der Waals surface area (Å²) < 4.78 is 0. The standard InChI is InChI=1S/C12H16N2O2/c1-9-2-4-14(5-3-9)12(16)10-6-11(15)8-13-7-10/h6-9,15H,2-5H2,1H3. The number of carbonyl (C=O) groups is 1. The first-order valence-electron chi connectivity index (χ1n) is 5.60. The van der Waals surface area contributed by atoms with E-state index in [1.165, 1.54) is 18.5 Å². The van der Waals surface area contributed by atoms with Crippen molar-refractivity contribution in [1.82, 2.24) is 9.88 Å². The summed E-state index contributed by atoms with van der Waals surface area (Å²) in [4.78, 5) is 17.7. The molecule has 1 aromatic rings. The average molecular weight is 220 g/mol. The highest BCUT2D eigenvalue weighted by atomic mass is 16.3. The lowest BCUT2D eigenvalue weighted by molar-refractivity contribution is 0.0696. The highest BCUT2D eigenvalue weighted by Gasteiger charge is 2.21. The van der Waals surface area contributed by atoms with Gasteiger partial charge < -0.3 is 10.0 Å². The Morgan fingerprint density at radius 2 is 2.12 bits per heavy atom. The molecule has 0 bridgehead atoms. The van der Waals surface area contributed by atoms with Gasteiger partial charge in [-0.05, 0) is 24.8 Å². The molecule has 0 aromatic carbocycles. The molecule has 0 saturated carbocycles. The highest BCUT2D eigenvalue weighted by molar-refractivity contribution is 5.94. The minimum atomic E-state index is -0.0321. The van der Waals surface area contributed by atoms with Crippen LogP contribution in [0.1, 0.15) is 30.1 Å². The average Bonchev–Trinajstić information content (AvgIpc) is 2.29. The van der Waals surface area contributed by atoms with Gasteiger partial charge in [0.2, 0.25) is 0 Å². The first-order chi connectivity index (χ1) is 7.66. The van der Waals surface area contributed by atoms with Crippen molar-refractivity contribution >= 4 is 5.91 Å². The van der Waals surface area contributed by atoms with Crippen LogP contribution in [0.15, 0.2) is 18.5 Å². The number of hydrogen-bond donors (Lipinski definition) is 1. The van der Waals surface area contributed by atoms with Gasteiger partial charge >= 0.3 is 0 Å². The molecule has 1 amide bonds. The van der Waals surface area contributed by atoms with Crippen LogP contribution in [0.3, 0.4) is 0 Å². The molecule has 1 saturated heterocycles. The number of aromatic nitrogens is 1. The summed E-state index contributed by atoms with van der Waals surface area (Å²) in [5, 5.41) is 9.27. The predicted octanol–water partition coefficient (Wildman–Crippen LogP) is 1.66. The topological polar surface area (TPSA) is 53.4 Å². The molecular formula is C12H16N2O2. The third kappa shape index (κ3) is 2.32. The Balaban J connectivity index is 2.08. The van der Waals surface area contributed by atoms with E-state index in [0.29, 0.717) is 11.5 Å². The molecule has 0 unspecified atom stereocenters. The molecule has 1 aromatic heterocycles. The predicted molar refractivity (Wildman–Crippen MR) is 60.2 cm³/mol. The van der Waals surface area contributed by atoms with Gasteiger partial charge in [-0.3, -0.25) is 9.78 Å². The zero-order valence-corrected chi connectivity index (χ0v) is 9.39. The zero-order chi connectivity index (χ0) is 11.5. The van der Waals surface area contributed by atoms with Crippen LogP contribution in [0.5, 0.6) is 5.75 Å². The van der Waals surface area contributed by atoms with Gasteiger partial charge in [0.05, 0.1) is 11.8 Å². The first-order valence-corrected chi connectivity index (χ1v) is 5.60. The van der Waals surface area contributed by atoms with E-state index in [1.54, 1.807) is 0 Å². The molecule has 1 N–H and O–H groups in total. The molecule has 2 heterocycles. The maximum atomic E-state index is 12.0. The van der Waals surface area contributed by atoms with Crippen molar-refractivity contribution in [2.45, 2.75) is 19.8 Å². The number of likely N-dealkylation sites (tertiary alicyclic amines) is 1. The number of aromatic hydroxyl groups is 1. The molecule has 86 valence electrons. The van der Waals surface area contributed by atoms with E-state index in [-0.39, 0.29) is 11.7 Å². The molecule has 2 rings (SSSR count). The Hall–Kier alpha value is -1.58. The molecule has 1 aliphatic heterocycles. The highest BCUT2D eigenvalue weighted by Crippen LogP contribution is 2.19. The van der Waals surface area contributed by atoms with E-state index >= 15 is 0 Å². The van der Waals surface area contributed by atoms with Gasteiger partial charge in [-0.2, -0.15) is 0 Å². The van der Waals surface area contributed by atoms with Gasteiger partial charge in [0.1, 0.15) is 5.75 Å². The van der Waals surface area contributed by atoms with E-state index in [0.717, 1.165) is 25.9 Å². The number of amides is 1. The Morgan fingerprint density at radius 3 is 2.75 bits per heavy atom. The quantitative estimate of drug-likeness (QED) is 0.783. The van der Waals surface area contributed by atoms with Crippen LogP contribution < -0.4 is 0 Å². The fourth-order valence-corrected chi connectivity index (χ4v) is 1.94. The number of rotatable bonds is 1. The van der Waals surface area contributed by atoms with Crippen molar-refractivity contribution in [3.8, 4) is 5.75 Å². The first kappa shape index (κ1) is 10.9. The van der Waals surface area contributed by atoms with E-state index < -0.39 is 0 Å². The van der Waals surface area contributed by atoms with Crippen LogP contribution in [0, 0.1) is 5.92 Å². The Bertz CT molecular complexity index is 384. The Kier molecular flexibility index (Phi) is 3.08. The fraction of sp³-hybridized carbons (Fsp3) is 0.500. The zero-order valence-electron chi connectivity index (χ0n) is 9.39. The third-order valence-electron chi connectivity index (χ3n) is 3.04. The van der Waals surface area contributed by atoms with Crippen LogP contribution in [-0.4, -0.2) is 34.0 Å². The van der Waals surface area contributed by atoms with Gasteiger partial charge in [0.25, 0.3) is 5.91 Å². The van der Waals surface area contributed by atoms with Gasteiger partial charge in [0.15, 0.2) is 0 Å². The van der Waals surface area contributed by atoms with Crippen molar-refractivity contribution in [3.05, 3.63) is 24.0 Å². The van der Waals surface area contributed by atoms with Crippen molar-refractivity contribution in [1.29, 1.82) is 0 Å². The summed E-state index contributed by atoms with van der Waals surface area (Å²) in [6.07, 6.45) is 4.94. The summed E-state index contributed by atoms with van der Waals surface area (Å²) in [6.45, 7) is 3.81. The van der Waals surface area contributed by atoms with Crippen LogP contribution in [0.4, 0.5) is 0 Å². The molecular weight excluding hydrogens is 204 g/mol. The van der Waals surface area contributed by atoms with E-state index in [4.69, 9.17) is 0 Å². The van der Waals surface area contributed by atoms with Crippen LogP contribution in [0.25, 0.3) is 0 Å². The van der Waals surface area contributed by atoms with E-state index in [1.807, 2.05) is 4.90 Å². The second-order valence-electron chi connectivity index (χ2n) is 4.41. The minimum Gasteiger partial charge on any atom is -0.506 e. The number of piperidine rings is 1. The molecule has 0 radical (unpaired) electrons. The van der Waals surface area contributed by atoms with Crippen LogP contribution in [-0.2, 0) is 0 Å². The number of carbonyl (C=O) groups excluding carboxylic acids is 1. The van der Waals surface area contributed by atoms with Gasteiger partial charge in [-0.15, -0.1) is 0 Å². The molecule has 1 fully saturated rings. The molecule has 0 spiro atoms. The molecule has 1 aliphatic rings. The van der Waals surface area contributed by atoms with Crippen molar-refractivity contribution in [2.75, 3.05) is 13.1 Å². The largest absolute Gasteiger partial charge is 0.506 e. The number of nitrogens with zero attached hydrogens (tertiary/aromatic N) is 2. The summed E-state index contributed by atoms with van der Waals surface area (Å²) in [5.41, 5.74) is 0.467. The van der Waals surface area contributed by atoms with Crippen molar-refractivity contribution in [3.63, 3.8) is 0 Å². The minimum absolute atomic E-state index is 0.0321. The van der Waals surface area contributed by atoms with Crippen molar-refractivity contribution < 1.29 is 9.90 Å². The molecule has 0 atom stereocenters. The molecule has 4 nitrogen and oxygen atoms in total. The summed E-state index contributed by atoms with van der Waals surface area (Å²) >= 11 is 0. The third-order valence-corrected chi connectivity index (χ3v) is 3.04. The second kappa shape index (κ2) is 4.51. The molecule has 4 heteroatoms. The lowest BCUT2D eigenvalue weighted by Crippen LogP contribution is -2.37. The summed E-state index contributed by atoms with van der Waals surface area (Å²) in [7, 11) is 0. The molecule has 0 aliphatic carbocycles. The lowest BCUT2D eigenvalue weighted by Gasteiger charge is -2.30. The van der Waals surface area contributed by atoms with E-state index in [2.05, 4.69) is 11.9 Å². The van der Waals surface area contributed by atoms with Crippen LogP contribution in [0.2, 0.25) is 0 Å². The number of hydrogen-bond acceptors (Lipinski definition) is 3. The lowest BCUT2D eigenvalue weighted by atomic mass is 9.99. The van der Waals surface area contributed by atoms with E-state index in [9.17, 15) is 9.90 Å². The van der Waals surface area contributed by atoms with Gasteiger partial charge in [-0.1, -0.05) is 6.92 Å². The Labute approximate surface area is 94.9 Å². The normalized spacial score (nSPS) is 17.4. The summed E-state index contributed by atoms with van der Waals surface area (Å²) in [5.74, 6) is 0.706. The number of pyridine rings is 1. The molecule has 16 heavy (non-hydrogen) atoms. The van der Waals surface area contributed by atoms with Crippen LogP contribution >= 0.6 is 0 Å². The fourth-order valence-electron chi connectivity index (χ4n) is 1.94. The maximum Gasteiger partial charge on any atom is 0.255 e. The Morgan fingerprint density at radius 1 is 1.44 bits per heavy atom. The summed E-state index contributed by atoms with van der Waals surface area (Å²) in [6, 6.07) is 1.47. The van der Waals surface area contributed by atoms with Gasteiger partial charge in [0, 0.05) is 19.3 Å². The maximum absolute atomic E-state index is 12.0. The van der Waals surface area contributed by atoms with Crippen molar-refractivity contribution in [2.24, 2.45) is 5.92 Å². The van der Waals surface area contributed by atoms with Gasteiger partial charge in [-0.25, -0.2) is 0 Å². The monoisotopic (exact) mass is 220 g/mol. The SMILES string of the molecule is CC1CCN(C(=O)c2cncc(O)c2)CC1. The smallest absolute Gasteiger partial charge is 0.255 e. The second-order valence-corrected chi connectivity index (χ2v) is 4.41.